The normalized spacial score (nSPS) is 21.8. The van der Waals surface area contributed by atoms with Crippen molar-refractivity contribution in [2.45, 2.75) is 19.2 Å². The summed E-state index contributed by atoms with van der Waals surface area (Å²) in [7, 11) is 1.63. The highest BCUT2D eigenvalue weighted by atomic mass is 79.9. The minimum Gasteiger partial charge on any atom is -0.497 e. The zero-order valence-electron chi connectivity index (χ0n) is 12.2. The third-order valence-electron chi connectivity index (χ3n) is 4.32. The van der Waals surface area contributed by atoms with Gasteiger partial charge in [0.05, 0.1) is 13.2 Å². The lowest BCUT2D eigenvalue weighted by molar-refractivity contribution is -0.00192. The molecule has 5 heteroatoms. The summed E-state index contributed by atoms with van der Waals surface area (Å²) in [4.78, 5) is 14.5. The molecule has 0 N–H and O–H groups in total. The number of carbonyl (C=O) groups is 1. The number of carbonyl (C=O) groups excluding carboxylic acids is 1. The molecule has 2 aromatic carbocycles. The Balaban J connectivity index is 1.84. The average molecular weight is 360 g/mol. The van der Waals surface area contributed by atoms with Crippen LogP contribution < -0.4 is 9.47 Å². The lowest BCUT2D eigenvalue weighted by Gasteiger charge is -2.37. The Kier molecular flexibility index (Phi) is 2.94. The van der Waals surface area contributed by atoms with Gasteiger partial charge in [0.15, 0.2) is 0 Å². The Morgan fingerprint density at radius 1 is 1.18 bits per heavy atom. The molecule has 2 heterocycles. The minimum absolute atomic E-state index is 0.00210. The average Bonchev–Trinajstić information content (AvgIpc) is 2.80. The smallest absolute Gasteiger partial charge is 0.258 e. The van der Waals surface area contributed by atoms with Crippen molar-refractivity contribution in [3.8, 4) is 11.5 Å². The standard InChI is InChI=1S/C17H14BrNO3/c1-9-13-8-11(21-2)4-6-15(13)22-17-12-5-3-10(18)7-14(12)16(20)19(9)17/h3-9,17H,1-2H3/t9-,17+/m1/s1. The summed E-state index contributed by atoms with van der Waals surface area (Å²) in [6, 6.07) is 11.4. The second kappa shape index (κ2) is 4.74. The molecule has 0 unspecified atom stereocenters. The van der Waals surface area contributed by atoms with Crippen molar-refractivity contribution in [1.82, 2.24) is 4.90 Å². The summed E-state index contributed by atoms with van der Waals surface area (Å²) >= 11 is 3.43. The monoisotopic (exact) mass is 359 g/mol. The minimum atomic E-state index is -0.355. The molecule has 0 aliphatic carbocycles. The van der Waals surface area contributed by atoms with Gasteiger partial charge in [0.25, 0.3) is 5.91 Å². The number of amides is 1. The van der Waals surface area contributed by atoms with E-state index in [0.717, 1.165) is 27.1 Å². The first-order valence-electron chi connectivity index (χ1n) is 7.07. The van der Waals surface area contributed by atoms with Gasteiger partial charge in [-0.1, -0.05) is 22.0 Å². The van der Waals surface area contributed by atoms with E-state index in [0.29, 0.717) is 5.56 Å². The number of rotatable bonds is 1. The predicted octanol–water partition coefficient (Wildman–Crippen LogP) is 4.07. The SMILES string of the molecule is COc1ccc2c(c1)[C@@H](C)N1C(=O)c3cc(Br)ccc3[C@@H]1O2. The maximum atomic E-state index is 12.8. The Morgan fingerprint density at radius 2 is 2.00 bits per heavy atom. The molecule has 0 saturated carbocycles. The Hall–Kier alpha value is -2.01. The third-order valence-corrected chi connectivity index (χ3v) is 4.82. The summed E-state index contributed by atoms with van der Waals surface area (Å²) in [5, 5.41) is 0. The molecule has 0 radical (unpaired) electrons. The van der Waals surface area contributed by atoms with Crippen LogP contribution >= 0.6 is 15.9 Å². The zero-order chi connectivity index (χ0) is 15.4. The Labute approximate surface area is 136 Å². The summed E-state index contributed by atoms with van der Waals surface area (Å²) in [6.07, 6.45) is -0.355. The van der Waals surface area contributed by atoms with Crippen molar-refractivity contribution in [3.63, 3.8) is 0 Å². The van der Waals surface area contributed by atoms with E-state index in [1.807, 2.05) is 43.3 Å². The summed E-state index contributed by atoms with van der Waals surface area (Å²) in [6.45, 7) is 2.02. The van der Waals surface area contributed by atoms with E-state index in [1.54, 1.807) is 12.0 Å². The van der Waals surface area contributed by atoms with Gasteiger partial charge in [0.2, 0.25) is 6.23 Å². The van der Waals surface area contributed by atoms with Crippen molar-refractivity contribution in [2.75, 3.05) is 7.11 Å². The molecule has 4 nitrogen and oxygen atoms in total. The van der Waals surface area contributed by atoms with Crippen LogP contribution in [-0.4, -0.2) is 17.9 Å². The van der Waals surface area contributed by atoms with Crippen LogP contribution in [0.4, 0.5) is 0 Å². The lowest BCUT2D eigenvalue weighted by atomic mass is 10.0. The fraction of sp³-hybridized carbons (Fsp3) is 0.235. The van der Waals surface area contributed by atoms with Gasteiger partial charge in [-0.2, -0.15) is 0 Å². The molecule has 2 aliphatic heterocycles. The van der Waals surface area contributed by atoms with Crippen LogP contribution in [0.25, 0.3) is 0 Å². The highest BCUT2D eigenvalue weighted by Crippen LogP contribution is 2.48. The van der Waals surface area contributed by atoms with Gasteiger partial charge < -0.3 is 9.47 Å². The van der Waals surface area contributed by atoms with Gasteiger partial charge >= 0.3 is 0 Å². The number of halogens is 1. The molecule has 112 valence electrons. The molecule has 1 amide bonds. The molecule has 22 heavy (non-hydrogen) atoms. The third kappa shape index (κ3) is 1.78. The highest BCUT2D eigenvalue weighted by molar-refractivity contribution is 9.10. The predicted molar refractivity (Wildman–Crippen MR) is 85.1 cm³/mol. The first-order valence-corrected chi connectivity index (χ1v) is 7.86. The quantitative estimate of drug-likeness (QED) is 0.770. The maximum absolute atomic E-state index is 12.8. The number of fused-ring (bicyclic) bond motifs is 4. The second-order valence-electron chi connectivity index (χ2n) is 5.49. The van der Waals surface area contributed by atoms with Crippen LogP contribution in [0.3, 0.4) is 0 Å². The number of benzene rings is 2. The maximum Gasteiger partial charge on any atom is 0.258 e. The summed E-state index contributed by atoms with van der Waals surface area (Å²) < 4.78 is 12.3. The lowest BCUT2D eigenvalue weighted by Crippen LogP contribution is -2.37. The Morgan fingerprint density at radius 3 is 2.77 bits per heavy atom. The van der Waals surface area contributed by atoms with Crippen molar-refractivity contribution in [2.24, 2.45) is 0 Å². The van der Waals surface area contributed by atoms with Gasteiger partial charge in [0.1, 0.15) is 11.5 Å². The van der Waals surface area contributed by atoms with Crippen LogP contribution in [0, 0.1) is 0 Å². The van der Waals surface area contributed by atoms with Gasteiger partial charge in [-0.25, -0.2) is 0 Å². The zero-order valence-corrected chi connectivity index (χ0v) is 13.8. The van der Waals surface area contributed by atoms with Crippen LogP contribution in [0.1, 0.15) is 40.7 Å². The van der Waals surface area contributed by atoms with Crippen molar-refractivity contribution < 1.29 is 14.3 Å². The second-order valence-corrected chi connectivity index (χ2v) is 6.41. The Bertz CT molecular complexity index is 789. The van der Waals surface area contributed by atoms with E-state index in [1.165, 1.54) is 0 Å². The number of nitrogens with zero attached hydrogens (tertiary/aromatic N) is 1. The van der Waals surface area contributed by atoms with Gasteiger partial charge in [-0.15, -0.1) is 0 Å². The van der Waals surface area contributed by atoms with E-state index in [4.69, 9.17) is 9.47 Å². The van der Waals surface area contributed by atoms with Crippen LogP contribution in [0.15, 0.2) is 40.9 Å². The topological polar surface area (TPSA) is 38.8 Å². The molecular weight excluding hydrogens is 346 g/mol. The van der Waals surface area contributed by atoms with Crippen molar-refractivity contribution in [3.05, 3.63) is 57.6 Å². The summed E-state index contributed by atoms with van der Waals surface area (Å²) in [5.41, 5.74) is 2.59. The van der Waals surface area contributed by atoms with E-state index in [-0.39, 0.29) is 18.2 Å². The molecule has 0 fully saturated rings. The molecular formula is C17H14BrNO3. The van der Waals surface area contributed by atoms with Crippen LogP contribution in [-0.2, 0) is 0 Å². The molecule has 0 saturated heterocycles. The molecule has 2 atom stereocenters. The van der Waals surface area contributed by atoms with Crippen molar-refractivity contribution in [1.29, 1.82) is 0 Å². The number of methoxy groups -OCH3 is 1. The van der Waals surface area contributed by atoms with Crippen LogP contribution in [0.5, 0.6) is 11.5 Å². The van der Waals surface area contributed by atoms with Crippen molar-refractivity contribution >= 4 is 21.8 Å². The first-order chi connectivity index (χ1) is 10.6. The largest absolute Gasteiger partial charge is 0.497 e. The van der Waals surface area contributed by atoms with Gasteiger partial charge in [-0.05, 0) is 37.3 Å². The summed E-state index contributed by atoms with van der Waals surface area (Å²) in [5.74, 6) is 1.57. The molecule has 2 aliphatic rings. The molecule has 2 aromatic rings. The fourth-order valence-corrected chi connectivity index (χ4v) is 3.54. The van der Waals surface area contributed by atoms with Crippen LogP contribution in [0.2, 0.25) is 0 Å². The van der Waals surface area contributed by atoms with Gasteiger partial charge in [-0.3, -0.25) is 9.69 Å². The first kappa shape index (κ1) is 13.6. The molecule has 0 bridgehead atoms. The van der Waals surface area contributed by atoms with E-state index >= 15 is 0 Å². The number of hydrogen-bond acceptors (Lipinski definition) is 3. The van der Waals surface area contributed by atoms with E-state index in [9.17, 15) is 4.79 Å². The van der Waals surface area contributed by atoms with Gasteiger partial charge in [0, 0.05) is 21.2 Å². The molecule has 4 rings (SSSR count). The molecule has 0 spiro atoms. The number of hydrogen-bond donors (Lipinski definition) is 0. The highest BCUT2D eigenvalue weighted by Gasteiger charge is 2.45. The fourth-order valence-electron chi connectivity index (χ4n) is 3.18. The molecule has 0 aromatic heterocycles. The van der Waals surface area contributed by atoms with E-state index < -0.39 is 0 Å². The van der Waals surface area contributed by atoms with E-state index in [2.05, 4.69) is 15.9 Å². The number of ether oxygens (including phenoxy) is 2.